The highest BCUT2D eigenvalue weighted by atomic mass is 16.2. The van der Waals surface area contributed by atoms with Crippen molar-refractivity contribution < 1.29 is 19.2 Å². The number of benzene rings is 2. The summed E-state index contributed by atoms with van der Waals surface area (Å²) in [7, 11) is 0. The topological polar surface area (TPSA) is 116 Å². The van der Waals surface area contributed by atoms with E-state index >= 15 is 0 Å². The number of hydrogen-bond donors (Lipinski definition) is 4. The zero-order valence-corrected chi connectivity index (χ0v) is 14.8. The minimum absolute atomic E-state index is 0.245. The van der Waals surface area contributed by atoms with Gasteiger partial charge in [0.05, 0.1) is 22.7 Å². The van der Waals surface area contributed by atoms with E-state index in [1.54, 1.807) is 48.5 Å². The van der Waals surface area contributed by atoms with Crippen molar-refractivity contribution in [1.82, 2.24) is 0 Å². The zero-order valence-electron chi connectivity index (χ0n) is 14.8. The predicted octanol–water partition coefficient (Wildman–Crippen LogP) is 2.18. The Morgan fingerprint density at radius 1 is 0.556 bits per heavy atom. The second-order valence-corrected chi connectivity index (χ2v) is 6.53. The van der Waals surface area contributed by atoms with E-state index in [1.165, 1.54) is 13.8 Å². The summed E-state index contributed by atoms with van der Waals surface area (Å²) >= 11 is 0. The standard InChI is InChI=1S/C19H18N4O4/c1-19(2)17(26)22-13-9-5-3-7-11(13)20-15(24)16(25)21-12-8-4-6-10-14(12)23-18(19)27/h3-10H,1-2H3,(H,20,24)(H,21,25)(H,22,26)(H,23,27). The first-order valence-corrected chi connectivity index (χ1v) is 8.22. The van der Waals surface area contributed by atoms with E-state index < -0.39 is 29.0 Å². The largest absolute Gasteiger partial charge is 0.323 e. The summed E-state index contributed by atoms with van der Waals surface area (Å²) in [4.78, 5) is 49.9. The number of rotatable bonds is 0. The first-order chi connectivity index (χ1) is 12.8. The number of nitrogens with one attached hydrogen (secondary N) is 4. The number of carbonyl (C=O) groups excluding carboxylic acids is 4. The zero-order chi connectivity index (χ0) is 19.6. The molecule has 2 aromatic rings. The lowest BCUT2D eigenvalue weighted by atomic mass is 9.90. The first kappa shape index (κ1) is 18.1. The number of carbonyl (C=O) groups is 4. The molecule has 0 atom stereocenters. The number of anilines is 4. The Balaban J connectivity index is 2.08. The second-order valence-electron chi connectivity index (χ2n) is 6.53. The van der Waals surface area contributed by atoms with Crippen molar-refractivity contribution in [3.05, 3.63) is 48.5 Å². The third-order valence-electron chi connectivity index (χ3n) is 4.19. The molecule has 0 saturated heterocycles. The number of hydrogen-bond acceptors (Lipinski definition) is 4. The van der Waals surface area contributed by atoms with Crippen LogP contribution in [0.5, 0.6) is 0 Å². The molecule has 0 radical (unpaired) electrons. The van der Waals surface area contributed by atoms with Gasteiger partial charge in [-0.25, -0.2) is 0 Å². The highest BCUT2D eigenvalue weighted by Crippen LogP contribution is 2.28. The Morgan fingerprint density at radius 3 is 1.19 bits per heavy atom. The monoisotopic (exact) mass is 366 g/mol. The van der Waals surface area contributed by atoms with Crippen molar-refractivity contribution in [2.45, 2.75) is 13.8 Å². The maximum absolute atomic E-state index is 12.7. The van der Waals surface area contributed by atoms with Crippen LogP contribution < -0.4 is 21.3 Å². The van der Waals surface area contributed by atoms with E-state index in [0.29, 0.717) is 0 Å². The van der Waals surface area contributed by atoms with Gasteiger partial charge in [0, 0.05) is 0 Å². The summed E-state index contributed by atoms with van der Waals surface area (Å²) in [5, 5.41) is 10.2. The molecule has 0 bridgehead atoms. The minimum Gasteiger partial charge on any atom is -0.323 e. The summed E-state index contributed by atoms with van der Waals surface area (Å²) in [6.45, 7) is 2.97. The van der Waals surface area contributed by atoms with E-state index in [2.05, 4.69) is 21.3 Å². The van der Waals surface area contributed by atoms with Gasteiger partial charge in [0.15, 0.2) is 0 Å². The van der Waals surface area contributed by atoms with Crippen molar-refractivity contribution in [3.63, 3.8) is 0 Å². The predicted molar refractivity (Wildman–Crippen MR) is 101 cm³/mol. The molecule has 138 valence electrons. The molecule has 1 heterocycles. The second kappa shape index (κ2) is 6.91. The van der Waals surface area contributed by atoms with Crippen LogP contribution in [0.2, 0.25) is 0 Å². The molecule has 1 aliphatic rings. The van der Waals surface area contributed by atoms with Gasteiger partial charge >= 0.3 is 11.8 Å². The molecular weight excluding hydrogens is 348 g/mol. The summed E-state index contributed by atoms with van der Waals surface area (Å²) in [6, 6.07) is 12.8. The van der Waals surface area contributed by atoms with Gasteiger partial charge < -0.3 is 21.3 Å². The van der Waals surface area contributed by atoms with Crippen LogP contribution in [0.15, 0.2) is 48.5 Å². The van der Waals surface area contributed by atoms with Gasteiger partial charge in [-0.1, -0.05) is 24.3 Å². The summed E-state index contributed by atoms with van der Waals surface area (Å²) in [6.07, 6.45) is 0. The molecule has 27 heavy (non-hydrogen) atoms. The third-order valence-corrected chi connectivity index (χ3v) is 4.19. The van der Waals surface area contributed by atoms with Crippen LogP contribution in [-0.2, 0) is 19.2 Å². The lowest BCUT2D eigenvalue weighted by Crippen LogP contribution is -2.41. The van der Waals surface area contributed by atoms with Crippen LogP contribution in [0.1, 0.15) is 13.8 Å². The van der Waals surface area contributed by atoms with Crippen molar-refractivity contribution in [2.24, 2.45) is 5.41 Å². The molecule has 0 aliphatic carbocycles. The lowest BCUT2D eigenvalue weighted by molar-refractivity contribution is -0.135. The Labute approximate surface area is 155 Å². The Hall–Kier alpha value is -3.68. The van der Waals surface area contributed by atoms with E-state index in [-0.39, 0.29) is 22.7 Å². The van der Waals surface area contributed by atoms with E-state index in [4.69, 9.17) is 0 Å². The van der Waals surface area contributed by atoms with Crippen LogP contribution in [0.3, 0.4) is 0 Å². The van der Waals surface area contributed by atoms with Gasteiger partial charge in [-0.3, -0.25) is 19.2 Å². The highest BCUT2D eigenvalue weighted by molar-refractivity contribution is 6.44. The molecule has 0 aromatic heterocycles. The van der Waals surface area contributed by atoms with Crippen LogP contribution in [-0.4, -0.2) is 23.6 Å². The number of fused-ring (bicyclic) bond motifs is 2. The molecule has 0 saturated carbocycles. The van der Waals surface area contributed by atoms with Crippen LogP contribution in [0.4, 0.5) is 22.7 Å². The van der Waals surface area contributed by atoms with Crippen molar-refractivity contribution >= 4 is 46.4 Å². The first-order valence-electron chi connectivity index (χ1n) is 8.22. The number of para-hydroxylation sites is 4. The molecule has 8 heteroatoms. The van der Waals surface area contributed by atoms with Crippen molar-refractivity contribution in [3.8, 4) is 0 Å². The molecule has 4 amide bonds. The molecule has 2 aromatic carbocycles. The van der Waals surface area contributed by atoms with Crippen molar-refractivity contribution in [1.29, 1.82) is 0 Å². The Bertz CT molecular complexity index is 877. The molecule has 0 spiro atoms. The maximum Gasteiger partial charge on any atom is 0.314 e. The minimum atomic E-state index is -1.41. The van der Waals surface area contributed by atoms with Crippen LogP contribution >= 0.6 is 0 Å². The SMILES string of the molecule is CC1(C)C(=O)Nc2ccccc2NC(=O)C(=O)Nc2ccccc2NC1=O. The third kappa shape index (κ3) is 3.64. The fourth-order valence-corrected chi connectivity index (χ4v) is 2.42. The fourth-order valence-electron chi connectivity index (χ4n) is 2.42. The van der Waals surface area contributed by atoms with Gasteiger partial charge in [-0.2, -0.15) is 0 Å². The highest BCUT2D eigenvalue weighted by Gasteiger charge is 2.37. The van der Waals surface area contributed by atoms with Gasteiger partial charge in [0.25, 0.3) is 0 Å². The van der Waals surface area contributed by atoms with Crippen LogP contribution in [0, 0.1) is 5.41 Å². The molecule has 1 aliphatic heterocycles. The van der Waals surface area contributed by atoms with Gasteiger partial charge in [-0.05, 0) is 38.1 Å². The molecule has 0 fully saturated rings. The molecule has 4 N–H and O–H groups in total. The lowest BCUT2D eigenvalue weighted by Gasteiger charge is -2.23. The quantitative estimate of drug-likeness (QED) is 0.422. The van der Waals surface area contributed by atoms with Gasteiger partial charge in [0.2, 0.25) is 11.8 Å². The maximum atomic E-state index is 12.7. The molecule has 8 nitrogen and oxygen atoms in total. The van der Waals surface area contributed by atoms with E-state index in [9.17, 15) is 19.2 Å². The number of amides is 4. The van der Waals surface area contributed by atoms with E-state index in [1.807, 2.05) is 0 Å². The molecule has 0 unspecified atom stereocenters. The fraction of sp³-hybridized carbons (Fsp3) is 0.158. The van der Waals surface area contributed by atoms with Gasteiger partial charge in [0.1, 0.15) is 5.41 Å². The van der Waals surface area contributed by atoms with E-state index in [0.717, 1.165) is 0 Å². The Morgan fingerprint density at radius 2 is 0.852 bits per heavy atom. The summed E-state index contributed by atoms with van der Waals surface area (Å²) in [5.74, 6) is -2.93. The normalized spacial score (nSPS) is 16.8. The van der Waals surface area contributed by atoms with Gasteiger partial charge in [-0.15, -0.1) is 0 Å². The summed E-state index contributed by atoms with van der Waals surface area (Å²) in [5.41, 5.74) is -0.366. The van der Waals surface area contributed by atoms with Crippen molar-refractivity contribution in [2.75, 3.05) is 21.3 Å². The summed E-state index contributed by atoms with van der Waals surface area (Å²) < 4.78 is 0. The smallest absolute Gasteiger partial charge is 0.314 e. The average Bonchev–Trinajstić information content (AvgIpc) is 2.64. The molecule has 3 rings (SSSR count). The van der Waals surface area contributed by atoms with Crippen LogP contribution in [0.25, 0.3) is 0 Å². The average molecular weight is 366 g/mol. The Kier molecular flexibility index (Phi) is 4.64. The molecular formula is C19H18N4O4.